The fourth-order valence-electron chi connectivity index (χ4n) is 1.39. The molecule has 1 aromatic rings. The summed E-state index contributed by atoms with van der Waals surface area (Å²) in [5.41, 5.74) is -0.205. The van der Waals surface area contributed by atoms with Crippen molar-refractivity contribution in [2.75, 3.05) is 5.32 Å². The average molecular weight is 265 g/mol. The van der Waals surface area contributed by atoms with Crippen LogP contribution in [0, 0.1) is 0 Å². The van der Waals surface area contributed by atoms with Gasteiger partial charge in [-0.05, 0) is 31.0 Å². The van der Waals surface area contributed by atoms with E-state index in [0.29, 0.717) is 0 Å². The van der Waals surface area contributed by atoms with E-state index < -0.39 is 23.6 Å². The van der Waals surface area contributed by atoms with Crippen LogP contribution in [-0.4, -0.2) is 23.0 Å². The Bertz CT molecular complexity index is 511. The molecule has 0 aliphatic rings. The molecular formula is C12H11NO6-2. The molecule has 0 aliphatic heterocycles. The summed E-state index contributed by atoms with van der Waals surface area (Å²) in [7, 11) is 0. The molecular weight excluding hydrogens is 254 g/mol. The van der Waals surface area contributed by atoms with Crippen molar-refractivity contribution in [2.24, 2.45) is 0 Å². The van der Waals surface area contributed by atoms with Gasteiger partial charge in [0.15, 0.2) is 0 Å². The number of aliphatic carboxylic acids is 1. The topological polar surface area (TPSA) is 130 Å². The summed E-state index contributed by atoms with van der Waals surface area (Å²) in [6.07, 6.45) is -0.118. The Hall–Kier alpha value is -2.57. The Morgan fingerprint density at radius 1 is 1.21 bits per heavy atom. The van der Waals surface area contributed by atoms with Crippen LogP contribution in [-0.2, 0) is 9.59 Å². The molecule has 0 unspecified atom stereocenters. The maximum Gasteiger partial charge on any atom is 0.335 e. The van der Waals surface area contributed by atoms with Gasteiger partial charge < -0.3 is 25.4 Å². The normalized spacial score (nSPS) is 9.89. The number of carbonyl (C=O) groups excluding carboxylic acids is 2. The van der Waals surface area contributed by atoms with Gasteiger partial charge in [0.25, 0.3) is 0 Å². The second-order valence-electron chi connectivity index (χ2n) is 3.79. The molecule has 0 radical (unpaired) electrons. The Kier molecular flexibility index (Phi) is 4.87. The lowest BCUT2D eigenvalue weighted by atomic mass is 10.1. The highest BCUT2D eigenvalue weighted by Crippen LogP contribution is 2.19. The van der Waals surface area contributed by atoms with Crippen LogP contribution in [0.1, 0.15) is 29.6 Å². The van der Waals surface area contributed by atoms with Gasteiger partial charge >= 0.3 is 5.97 Å². The molecule has 0 saturated carbocycles. The smallest absolute Gasteiger partial charge is 0.335 e. The zero-order valence-corrected chi connectivity index (χ0v) is 9.84. The fourth-order valence-corrected chi connectivity index (χ4v) is 1.39. The third-order valence-electron chi connectivity index (χ3n) is 2.28. The molecule has 1 amide bonds. The number of amides is 1. The number of carboxylic acid groups (broad SMARTS) is 2. The second-order valence-corrected chi connectivity index (χ2v) is 3.79. The average Bonchev–Trinajstić information content (AvgIpc) is 2.27. The van der Waals surface area contributed by atoms with Crippen molar-refractivity contribution in [3.8, 4) is 5.75 Å². The van der Waals surface area contributed by atoms with Gasteiger partial charge in [0.1, 0.15) is 0 Å². The minimum atomic E-state index is -1.34. The number of hydrogen-bond donors (Lipinski definition) is 2. The third-order valence-corrected chi connectivity index (χ3v) is 2.28. The first-order valence-electron chi connectivity index (χ1n) is 5.44. The summed E-state index contributed by atoms with van der Waals surface area (Å²) in [6, 6.07) is 3.39. The van der Waals surface area contributed by atoms with Gasteiger partial charge in [-0.25, -0.2) is 4.79 Å². The molecule has 0 spiro atoms. The van der Waals surface area contributed by atoms with Crippen molar-refractivity contribution < 1.29 is 29.7 Å². The zero-order chi connectivity index (χ0) is 14.4. The van der Waals surface area contributed by atoms with E-state index in [2.05, 4.69) is 5.32 Å². The van der Waals surface area contributed by atoms with E-state index in [1.165, 1.54) is 6.07 Å². The van der Waals surface area contributed by atoms with Crippen molar-refractivity contribution in [3.05, 3.63) is 23.8 Å². The number of rotatable bonds is 6. The van der Waals surface area contributed by atoms with Gasteiger partial charge in [0, 0.05) is 18.1 Å². The van der Waals surface area contributed by atoms with Gasteiger partial charge in [-0.15, -0.1) is 0 Å². The minimum Gasteiger partial charge on any atom is -0.872 e. The van der Waals surface area contributed by atoms with E-state index >= 15 is 0 Å². The van der Waals surface area contributed by atoms with E-state index in [-0.39, 0.29) is 30.5 Å². The number of anilines is 1. The Morgan fingerprint density at radius 2 is 1.89 bits per heavy atom. The lowest BCUT2D eigenvalue weighted by molar-refractivity contribution is -0.305. The van der Waals surface area contributed by atoms with Gasteiger partial charge in [-0.1, -0.05) is 5.75 Å². The highest BCUT2D eigenvalue weighted by atomic mass is 16.4. The largest absolute Gasteiger partial charge is 0.872 e. The summed E-state index contributed by atoms with van der Waals surface area (Å²) in [6.45, 7) is 0. The van der Waals surface area contributed by atoms with E-state index in [0.717, 1.165) is 12.1 Å². The number of hydrogen-bond acceptors (Lipinski definition) is 5. The zero-order valence-electron chi connectivity index (χ0n) is 9.84. The van der Waals surface area contributed by atoms with Crippen LogP contribution in [0.3, 0.4) is 0 Å². The molecule has 0 fully saturated rings. The Morgan fingerprint density at radius 3 is 2.42 bits per heavy atom. The predicted molar refractivity (Wildman–Crippen MR) is 60.3 cm³/mol. The van der Waals surface area contributed by atoms with Crippen LogP contribution >= 0.6 is 0 Å². The molecule has 0 aromatic heterocycles. The summed E-state index contributed by atoms with van der Waals surface area (Å²) in [4.78, 5) is 32.1. The van der Waals surface area contributed by atoms with E-state index in [1.807, 2.05) is 0 Å². The molecule has 0 bridgehead atoms. The minimum absolute atomic E-state index is 0.0249. The molecule has 0 heterocycles. The summed E-state index contributed by atoms with van der Waals surface area (Å²) >= 11 is 0. The summed E-state index contributed by atoms with van der Waals surface area (Å²) in [5, 5.41) is 32.5. The molecule has 0 atom stereocenters. The van der Waals surface area contributed by atoms with Gasteiger partial charge in [0.05, 0.1) is 5.56 Å². The van der Waals surface area contributed by atoms with E-state index in [9.17, 15) is 24.6 Å². The van der Waals surface area contributed by atoms with Crippen LogP contribution in [0.25, 0.3) is 0 Å². The number of carbonyl (C=O) groups is 3. The summed E-state index contributed by atoms with van der Waals surface area (Å²) in [5.74, 6) is -3.74. The monoisotopic (exact) mass is 265 g/mol. The fraction of sp³-hybridized carbons (Fsp3) is 0.250. The molecule has 0 saturated heterocycles. The number of aromatic carboxylic acids is 1. The number of benzene rings is 1. The maximum atomic E-state index is 11.4. The molecule has 1 aromatic carbocycles. The highest BCUT2D eigenvalue weighted by molar-refractivity contribution is 5.94. The van der Waals surface area contributed by atoms with Crippen molar-refractivity contribution in [3.63, 3.8) is 0 Å². The molecule has 19 heavy (non-hydrogen) atoms. The first-order chi connectivity index (χ1) is 8.90. The van der Waals surface area contributed by atoms with Gasteiger partial charge in [-0.3, -0.25) is 4.79 Å². The molecule has 2 N–H and O–H groups in total. The lowest BCUT2D eigenvalue weighted by Crippen LogP contribution is -2.22. The molecule has 102 valence electrons. The predicted octanol–water partition coefficient (Wildman–Crippen LogP) is -0.683. The first kappa shape index (κ1) is 14.5. The lowest BCUT2D eigenvalue weighted by Gasteiger charge is -2.13. The molecule has 0 aliphatic carbocycles. The number of carboxylic acids is 2. The van der Waals surface area contributed by atoms with Crippen LogP contribution < -0.4 is 15.5 Å². The van der Waals surface area contributed by atoms with Crippen molar-refractivity contribution in [1.82, 2.24) is 0 Å². The first-order valence-corrected chi connectivity index (χ1v) is 5.44. The van der Waals surface area contributed by atoms with Crippen molar-refractivity contribution in [2.45, 2.75) is 19.3 Å². The number of nitrogens with one attached hydrogen (secondary N) is 1. The Balaban J connectivity index is 2.58. The second kappa shape index (κ2) is 6.39. The maximum absolute atomic E-state index is 11.4. The Labute approximate surface area is 108 Å². The summed E-state index contributed by atoms with van der Waals surface area (Å²) < 4.78 is 0. The quantitative estimate of drug-likeness (QED) is 0.700. The van der Waals surface area contributed by atoms with Crippen molar-refractivity contribution in [1.29, 1.82) is 0 Å². The van der Waals surface area contributed by atoms with Crippen LogP contribution in [0.2, 0.25) is 0 Å². The van der Waals surface area contributed by atoms with Gasteiger partial charge in [0.2, 0.25) is 5.91 Å². The van der Waals surface area contributed by atoms with Crippen LogP contribution in [0.4, 0.5) is 5.69 Å². The molecule has 7 nitrogen and oxygen atoms in total. The molecule has 1 rings (SSSR count). The molecule has 7 heteroatoms. The van der Waals surface area contributed by atoms with Crippen LogP contribution in [0.15, 0.2) is 18.2 Å². The third kappa shape index (κ3) is 4.66. The van der Waals surface area contributed by atoms with E-state index in [4.69, 9.17) is 5.11 Å². The highest BCUT2D eigenvalue weighted by Gasteiger charge is 2.06. The van der Waals surface area contributed by atoms with Crippen LogP contribution in [0.5, 0.6) is 5.75 Å². The van der Waals surface area contributed by atoms with E-state index in [1.54, 1.807) is 0 Å². The SMILES string of the molecule is O=C([O-])CCCC(=O)Nc1ccc(C(=O)O)c([O-])c1. The van der Waals surface area contributed by atoms with Gasteiger partial charge in [-0.2, -0.15) is 0 Å². The van der Waals surface area contributed by atoms with Crippen molar-refractivity contribution >= 4 is 23.5 Å². The standard InChI is InChI=1S/C12H13NO6/c14-9-6-7(4-5-8(9)12(18)19)13-10(15)2-1-3-11(16)17/h4-6,14H,1-3H2,(H,13,15)(H,16,17)(H,18,19)/p-2.